The SMILES string of the molecule is Cc1cc(C(=O)Nc2sc3c(c2-c2nc4ccccc4s2)CCN(C)C3)n(C(C)C)n1.Cl. The van der Waals surface area contributed by atoms with Gasteiger partial charge in [0.05, 0.1) is 15.9 Å². The van der Waals surface area contributed by atoms with Gasteiger partial charge in [-0.3, -0.25) is 9.48 Å². The molecule has 1 aromatic carbocycles. The minimum Gasteiger partial charge on any atom is -0.312 e. The number of hydrogen-bond donors (Lipinski definition) is 1. The number of aryl methyl sites for hydroxylation is 1. The minimum atomic E-state index is -0.122. The van der Waals surface area contributed by atoms with E-state index in [-0.39, 0.29) is 24.4 Å². The van der Waals surface area contributed by atoms with Crippen molar-refractivity contribution in [3.05, 3.63) is 52.2 Å². The van der Waals surface area contributed by atoms with E-state index >= 15 is 0 Å². The molecule has 1 amide bonds. The van der Waals surface area contributed by atoms with Crippen molar-refractivity contribution in [1.29, 1.82) is 0 Å². The number of thiophene rings is 1. The van der Waals surface area contributed by atoms with E-state index in [1.54, 1.807) is 27.4 Å². The third-order valence-electron chi connectivity index (χ3n) is 5.56. The number of carbonyl (C=O) groups is 1. The number of nitrogens with one attached hydrogen (secondary N) is 1. The molecule has 5 rings (SSSR count). The number of carbonyl (C=O) groups excluding carboxylic acids is 1. The van der Waals surface area contributed by atoms with E-state index in [0.29, 0.717) is 5.69 Å². The van der Waals surface area contributed by atoms with E-state index in [9.17, 15) is 4.79 Å². The molecule has 168 valence electrons. The zero-order valence-corrected chi connectivity index (χ0v) is 21.0. The molecule has 3 aromatic heterocycles. The van der Waals surface area contributed by atoms with Crippen LogP contribution in [0.25, 0.3) is 20.8 Å². The summed E-state index contributed by atoms with van der Waals surface area (Å²) in [5.74, 6) is -0.122. The van der Waals surface area contributed by atoms with E-state index in [0.717, 1.165) is 51.0 Å². The van der Waals surface area contributed by atoms with Gasteiger partial charge >= 0.3 is 0 Å². The van der Waals surface area contributed by atoms with Crippen molar-refractivity contribution < 1.29 is 4.79 Å². The van der Waals surface area contributed by atoms with Gasteiger partial charge in [0.1, 0.15) is 15.7 Å². The number of aromatic nitrogens is 3. The van der Waals surface area contributed by atoms with Crippen LogP contribution in [0.5, 0.6) is 0 Å². The minimum absolute atomic E-state index is 0. The molecule has 0 unspecified atom stereocenters. The van der Waals surface area contributed by atoms with Gasteiger partial charge in [0.25, 0.3) is 5.91 Å². The molecule has 1 N–H and O–H groups in total. The molecule has 0 aliphatic carbocycles. The summed E-state index contributed by atoms with van der Waals surface area (Å²) < 4.78 is 2.96. The predicted octanol–water partition coefficient (Wildman–Crippen LogP) is 5.77. The summed E-state index contributed by atoms with van der Waals surface area (Å²) in [5, 5.41) is 9.58. The van der Waals surface area contributed by atoms with Crippen molar-refractivity contribution in [3.63, 3.8) is 0 Å². The Balaban J connectivity index is 0.00000245. The first-order valence-electron chi connectivity index (χ1n) is 10.5. The maximum Gasteiger partial charge on any atom is 0.274 e. The molecule has 0 saturated heterocycles. The number of para-hydroxylation sites is 1. The summed E-state index contributed by atoms with van der Waals surface area (Å²) in [6, 6.07) is 10.2. The first-order valence-corrected chi connectivity index (χ1v) is 12.1. The number of anilines is 1. The van der Waals surface area contributed by atoms with Gasteiger partial charge < -0.3 is 10.2 Å². The first-order chi connectivity index (χ1) is 14.9. The van der Waals surface area contributed by atoms with Gasteiger partial charge in [0.2, 0.25) is 0 Å². The highest BCUT2D eigenvalue weighted by molar-refractivity contribution is 7.23. The van der Waals surface area contributed by atoms with E-state index in [1.165, 1.54) is 10.4 Å². The molecule has 1 aliphatic heterocycles. The van der Waals surface area contributed by atoms with E-state index in [4.69, 9.17) is 4.98 Å². The molecule has 4 aromatic rings. The molecule has 0 bridgehead atoms. The Labute approximate surface area is 201 Å². The Morgan fingerprint density at radius 1 is 1.22 bits per heavy atom. The second kappa shape index (κ2) is 8.94. The van der Waals surface area contributed by atoms with E-state index in [2.05, 4.69) is 28.4 Å². The molecule has 9 heteroatoms. The number of benzene rings is 1. The maximum absolute atomic E-state index is 13.3. The number of likely N-dealkylation sites (N-methyl/N-ethyl adjacent to an activating group) is 1. The van der Waals surface area contributed by atoms with Crippen molar-refractivity contribution in [2.45, 2.75) is 39.8 Å². The van der Waals surface area contributed by atoms with Crippen LogP contribution in [0.4, 0.5) is 5.00 Å². The fraction of sp³-hybridized carbons (Fsp3) is 0.348. The van der Waals surface area contributed by atoms with E-state index in [1.807, 2.05) is 45.0 Å². The summed E-state index contributed by atoms with van der Waals surface area (Å²) in [7, 11) is 2.14. The van der Waals surface area contributed by atoms with Gasteiger partial charge in [-0.1, -0.05) is 12.1 Å². The normalized spacial score (nSPS) is 13.9. The number of amides is 1. The summed E-state index contributed by atoms with van der Waals surface area (Å²) in [6.45, 7) is 7.90. The van der Waals surface area contributed by atoms with Gasteiger partial charge in [-0.25, -0.2) is 4.98 Å². The summed E-state index contributed by atoms with van der Waals surface area (Å²) in [4.78, 5) is 21.8. The van der Waals surface area contributed by atoms with Gasteiger partial charge in [0.15, 0.2) is 0 Å². The fourth-order valence-electron chi connectivity index (χ4n) is 4.07. The molecule has 0 saturated carbocycles. The number of halogens is 1. The zero-order valence-electron chi connectivity index (χ0n) is 18.5. The second-order valence-electron chi connectivity index (χ2n) is 8.35. The monoisotopic (exact) mass is 487 g/mol. The Morgan fingerprint density at radius 3 is 2.75 bits per heavy atom. The third kappa shape index (κ3) is 4.08. The molecule has 1 aliphatic rings. The number of nitrogens with zero attached hydrogens (tertiary/aromatic N) is 4. The Morgan fingerprint density at radius 2 is 2.00 bits per heavy atom. The lowest BCUT2D eigenvalue weighted by molar-refractivity contribution is 0.101. The van der Waals surface area contributed by atoms with Crippen LogP contribution in [0.1, 0.15) is 46.5 Å². The maximum atomic E-state index is 13.3. The largest absolute Gasteiger partial charge is 0.312 e. The number of hydrogen-bond acceptors (Lipinski definition) is 6. The van der Waals surface area contributed by atoms with Crippen LogP contribution in [0.3, 0.4) is 0 Å². The van der Waals surface area contributed by atoms with Crippen LogP contribution in [0, 0.1) is 6.92 Å². The first kappa shape index (κ1) is 22.9. The fourth-order valence-corrected chi connectivity index (χ4v) is 6.51. The highest BCUT2D eigenvalue weighted by Crippen LogP contribution is 2.45. The topological polar surface area (TPSA) is 63.1 Å². The molecule has 4 heterocycles. The van der Waals surface area contributed by atoms with Crippen molar-refractivity contribution in [2.24, 2.45) is 0 Å². The predicted molar refractivity (Wildman–Crippen MR) is 136 cm³/mol. The van der Waals surface area contributed by atoms with Crippen molar-refractivity contribution in [3.8, 4) is 10.6 Å². The summed E-state index contributed by atoms with van der Waals surface area (Å²) in [5.41, 5.74) is 4.85. The van der Waals surface area contributed by atoms with Crippen molar-refractivity contribution in [2.75, 3.05) is 18.9 Å². The highest BCUT2D eigenvalue weighted by Gasteiger charge is 2.27. The smallest absolute Gasteiger partial charge is 0.274 e. The van der Waals surface area contributed by atoms with Crippen LogP contribution in [-0.4, -0.2) is 39.2 Å². The molecule has 0 atom stereocenters. The average Bonchev–Trinajstić information content (AvgIpc) is 3.41. The standard InChI is InChI=1S/C23H25N5OS2.ClH/c1-13(2)28-17(11-14(3)26-28)21(29)25-23-20(15-9-10-27(4)12-19(15)31-23)22-24-16-7-5-6-8-18(16)30-22;/h5-8,11,13H,9-10,12H2,1-4H3,(H,25,29);1H. The third-order valence-corrected chi connectivity index (χ3v) is 7.75. The summed E-state index contributed by atoms with van der Waals surface area (Å²) >= 11 is 3.37. The molecule has 0 spiro atoms. The van der Waals surface area contributed by atoms with Crippen molar-refractivity contribution in [1.82, 2.24) is 19.7 Å². The van der Waals surface area contributed by atoms with Crippen LogP contribution < -0.4 is 5.32 Å². The Bertz CT molecular complexity index is 1260. The average molecular weight is 488 g/mol. The second-order valence-corrected chi connectivity index (χ2v) is 10.5. The number of rotatable bonds is 4. The van der Waals surface area contributed by atoms with Gasteiger partial charge in [0, 0.05) is 29.6 Å². The quantitative estimate of drug-likeness (QED) is 0.396. The lowest BCUT2D eigenvalue weighted by Gasteiger charge is -2.22. The van der Waals surface area contributed by atoms with Gasteiger partial charge in [-0.15, -0.1) is 35.1 Å². The molecular weight excluding hydrogens is 462 g/mol. The molecule has 0 fully saturated rings. The zero-order chi connectivity index (χ0) is 21.7. The molecular formula is C23H26ClN5OS2. The van der Waals surface area contributed by atoms with Gasteiger partial charge in [-0.05, 0) is 58.0 Å². The molecule has 0 radical (unpaired) electrons. The Hall–Kier alpha value is -2.26. The Kier molecular flexibility index (Phi) is 6.40. The van der Waals surface area contributed by atoms with Crippen LogP contribution in [0.2, 0.25) is 0 Å². The molecule has 6 nitrogen and oxygen atoms in total. The van der Waals surface area contributed by atoms with Crippen molar-refractivity contribution >= 4 is 56.2 Å². The van der Waals surface area contributed by atoms with Crippen LogP contribution in [0.15, 0.2) is 30.3 Å². The van der Waals surface area contributed by atoms with Crippen LogP contribution >= 0.6 is 35.1 Å². The lowest BCUT2D eigenvalue weighted by Crippen LogP contribution is -2.25. The number of fused-ring (bicyclic) bond motifs is 2. The summed E-state index contributed by atoms with van der Waals surface area (Å²) in [6.07, 6.45) is 0.965. The molecule has 32 heavy (non-hydrogen) atoms. The van der Waals surface area contributed by atoms with E-state index < -0.39 is 0 Å². The van der Waals surface area contributed by atoms with Crippen LogP contribution in [-0.2, 0) is 13.0 Å². The lowest BCUT2D eigenvalue weighted by atomic mass is 10.0. The number of thiazole rings is 1. The van der Waals surface area contributed by atoms with Gasteiger partial charge in [-0.2, -0.15) is 5.10 Å². The highest BCUT2D eigenvalue weighted by atomic mass is 35.5.